The van der Waals surface area contributed by atoms with Crippen LogP contribution in [0, 0.1) is 6.92 Å². The van der Waals surface area contributed by atoms with E-state index < -0.39 is 6.04 Å². The van der Waals surface area contributed by atoms with Gasteiger partial charge in [-0.3, -0.25) is 14.6 Å². The molecule has 2 aromatic carbocycles. The zero-order valence-electron chi connectivity index (χ0n) is 17.0. The number of amidine groups is 2. The molecule has 0 radical (unpaired) electrons. The smallest absolute Gasteiger partial charge is 0.269 e. The number of fused-ring (bicyclic) bond motifs is 1. The fourth-order valence-electron chi connectivity index (χ4n) is 3.59. The van der Waals surface area contributed by atoms with Crippen molar-refractivity contribution >= 4 is 46.3 Å². The largest absolute Gasteiger partial charge is 0.358 e. The van der Waals surface area contributed by atoms with Gasteiger partial charge >= 0.3 is 11.2 Å². The summed E-state index contributed by atoms with van der Waals surface area (Å²) in [5.74, 6) is 0.906. The molecular weight excluding hydrogens is 420 g/mol. The molecule has 4 rings (SSSR count). The van der Waals surface area contributed by atoms with Crippen molar-refractivity contribution in [1.82, 2.24) is 9.80 Å². The van der Waals surface area contributed by atoms with Gasteiger partial charge in [-0.25, -0.2) is 9.37 Å². The molecule has 1 unspecified atom stereocenters. The summed E-state index contributed by atoms with van der Waals surface area (Å²) >= 11 is 7.54. The van der Waals surface area contributed by atoms with E-state index in [0.29, 0.717) is 23.2 Å². The number of hydrogen-bond acceptors (Lipinski definition) is 4. The Morgan fingerprint density at radius 2 is 1.80 bits per heavy atom. The summed E-state index contributed by atoms with van der Waals surface area (Å²) in [4.78, 5) is 32.8. The first-order valence-corrected chi connectivity index (χ1v) is 10.9. The number of urea groups is 1. The van der Waals surface area contributed by atoms with Gasteiger partial charge in [-0.15, -0.1) is 0 Å². The lowest BCUT2D eigenvalue weighted by atomic mass is 10.1. The Kier molecular flexibility index (Phi) is 5.66. The van der Waals surface area contributed by atoms with Crippen LogP contribution in [0.25, 0.3) is 0 Å². The second kappa shape index (κ2) is 8.24. The van der Waals surface area contributed by atoms with Gasteiger partial charge in [0.15, 0.2) is 0 Å². The van der Waals surface area contributed by atoms with E-state index >= 15 is 0 Å². The summed E-state index contributed by atoms with van der Waals surface area (Å²) in [7, 11) is 3.18. The van der Waals surface area contributed by atoms with Gasteiger partial charge < -0.3 is 0 Å². The Labute approximate surface area is 184 Å². The second-order valence-electron chi connectivity index (χ2n) is 7.43. The summed E-state index contributed by atoms with van der Waals surface area (Å²) in [6.07, 6.45) is 0. The van der Waals surface area contributed by atoms with Gasteiger partial charge in [-0.1, -0.05) is 53.6 Å². The molecule has 0 saturated carbocycles. The highest BCUT2D eigenvalue weighted by atomic mass is 35.5. The third kappa shape index (κ3) is 3.87. The molecule has 8 heteroatoms. The van der Waals surface area contributed by atoms with Crippen LogP contribution in [0.2, 0.25) is 5.02 Å². The average molecular weight is 442 g/mol. The maximum Gasteiger partial charge on any atom is 0.358 e. The number of carbonyl (C=O) groups is 2. The van der Waals surface area contributed by atoms with Crippen molar-refractivity contribution < 1.29 is 14.2 Å². The van der Waals surface area contributed by atoms with E-state index in [9.17, 15) is 9.59 Å². The molecule has 0 spiro atoms. The zero-order valence-corrected chi connectivity index (χ0v) is 18.6. The number of rotatable bonds is 4. The number of benzene rings is 2. The highest BCUT2D eigenvalue weighted by Crippen LogP contribution is 2.26. The first-order chi connectivity index (χ1) is 14.3. The van der Waals surface area contributed by atoms with E-state index in [1.165, 1.54) is 16.8 Å². The predicted molar refractivity (Wildman–Crippen MR) is 120 cm³/mol. The number of aliphatic imine (C=N–C) groups is 1. The molecule has 2 aromatic rings. The molecule has 154 valence electrons. The fourth-order valence-corrected chi connectivity index (χ4v) is 4.69. The average Bonchev–Trinajstić information content (AvgIpc) is 3.08. The molecule has 0 aromatic heterocycles. The quantitative estimate of drug-likeness (QED) is 0.679. The first-order valence-electron chi connectivity index (χ1n) is 9.55. The van der Waals surface area contributed by atoms with Crippen molar-refractivity contribution in [1.29, 1.82) is 0 Å². The monoisotopic (exact) mass is 441 g/mol. The normalized spacial score (nSPS) is 18.8. The Morgan fingerprint density at radius 3 is 2.50 bits per heavy atom. The summed E-state index contributed by atoms with van der Waals surface area (Å²) in [6.45, 7) is 2.57. The maximum atomic E-state index is 13.0. The van der Waals surface area contributed by atoms with Crippen molar-refractivity contribution in [3.05, 3.63) is 70.2 Å². The van der Waals surface area contributed by atoms with Crippen molar-refractivity contribution in [2.75, 3.05) is 14.1 Å². The molecule has 2 heterocycles. The van der Waals surface area contributed by atoms with Gasteiger partial charge in [0.25, 0.3) is 17.8 Å². The highest BCUT2D eigenvalue weighted by Gasteiger charge is 2.53. The second-order valence-corrected chi connectivity index (χ2v) is 8.80. The van der Waals surface area contributed by atoms with Crippen molar-refractivity contribution in [2.24, 2.45) is 4.99 Å². The van der Waals surface area contributed by atoms with Crippen molar-refractivity contribution in [2.45, 2.75) is 25.3 Å². The van der Waals surface area contributed by atoms with Crippen LogP contribution in [-0.4, -0.2) is 57.5 Å². The molecule has 0 bridgehead atoms. The minimum atomic E-state index is -0.606. The number of hydrogen-bond donors (Lipinski definition) is 0. The van der Waals surface area contributed by atoms with Crippen LogP contribution in [0.3, 0.4) is 0 Å². The van der Waals surface area contributed by atoms with Gasteiger partial charge in [0.1, 0.15) is 6.54 Å². The number of halogens is 1. The highest BCUT2D eigenvalue weighted by molar-refractivity contribution is 8.13. The van der Waals surface area contributed by atoms with Gasteiger partial charge in [-0.2, -0.15) is 0 Å². The summed E-state index contributed by atoms with van der Waals surface area (Å²) < 4.78 is 1.99. The van der Waals surface area contributed by atoms with Crippen molar-refractivity contribution in [3.63, 3.8) is 0 Å². The van der Waals surface area contributed by atoms with E-state index in [2.05, 4.69) is 6.07 Å². The molecular formula is C22H22ClN4O2S+. The van der Waals surface area contributed by atoms with Crippen LogP contribution in [0.15, 0.2) is 53.5 Å². The van der Waals surface area contributed by atoms with Crippen LogP contribution >= 0.6 is 23.4 Å². The van der Waals surface area contributed by atoms with E-state index in [4.69, 9.17) is 16.6 Å². The topological polar surface area (TPSA) is 56.0 Å². The van der Waals surface area contributed by atoms with E-state index in [0.717, 1.165) is 21.9 Å². The molecule has 30 heavy (non-hydrogen) atoms. The molecule has 1 fully saturated rings. The van der Waals surface area contributed by atoms with E-state index in [-0.39, 0.29) is 11.9 Å². The molecule has 1 atom stereocenters. The molecule has 1 saturated heterocycles. The van der Waals surface area contributed by atoms with Gasteiger partial charge in [0.2, 0.25) is 0 Å². The number of imide groups is 1. The molecule has 6 nitrogen and oxygen atoms in total. The van der Waals surface area contributed by atoms with Gasteiger partial charge in [0, 0.05) is 24.9 Å². The number of thioether (sulfide) groups is 1. The molecule has 2 aliphatic rings. The fraction of sp³-hybridized carbons (Fsp3) is 0.273. The molecule has 0 aliphatic carbocycles. The minimum Gasteiger partial charge on any atom is -0.269 e. The van der Waals surface area contributed by atoms with Crippen LogP contribution in [0.1, 0.15) is 16.7 Å². The Morgan fingerprint density at radius 1 is 1.07 bits per heavy atom. The van der Waals surface area contributed by atoms with E-state index in [1.54, 1.807) is 18.8 Å². The number of carbonyl (C=O) groups excluding carboxylic acids is 2. The third-order valence-electron chi connectivity index (χ3n) is 5.21. The van der Waals surface area contributed by atoms with Crippen LogP contribution in [0.5, 0.6) is 0 Å². The molecule has 2 aliphatic heterocycles. The SMILES string of the molecule is Cc1cccc(C[N+]2=C(SCc3ccc(Cl)cc3)N=C3C2C(=O)N(C)C(=O)N3C)c1. The predicted octanol–water partition coefficient (Wildman–Crippen LogP) is 3.75. The number of likely N-dealkylation sites (N-methyl/N-ethyl adjacent to an activating group) is 2. The minimum absolute atomic E-state index is 0.258. The third-order valence-corrected chi connectivity index (χ3v) is 6.52. The van der Waals surface area contributed by atoms with Gasteiger partial charge in [-0.05, 0) is 46.9 Å². The summed E-state index contributed by atoms with van der Waals surface area (Å²) in [6, 6.07) is 14.9. The lowest BCUT2D eigenvalue weighted by molar-refractivity contribution is -0.548. The van der Waals surface area contributed by atoms with Crippen LogP contribution in [-0.2, 0) is 17.1 Å². The Balaban J connectivity index is 1.69. The zero-order chi connectivity index (χ0) is 21.4. The number of nitrogens with zero attached hydrogens (tertiary/aromatic N) is 4. The maximum absolute atomic E-state index is 13.0. The molecule has 0 N–H and O–H groups in total. The summed E-state index contributed by atoms with van der Waals surface area (Å²) in [5, 5.41) is 1.42. The lowest BCUT2D eigenvalue weighted by Gasteiger charge is -2.30. The van der Waals surface area contributed by atoms with Crippen LogP contribution < -0.4 is 0 Å². The standard InChI is InChI=1S/C22H22ClN4O2S/c1-14-5-4-6-16(11-14)12-27-18-19(25(2)22(29)26(3)20(18)28)24-21(27)30-13-15-7-9-17(23)10-8-15/h4-11,18H,12-13H2,1-3H3/q+1. The first kappa shape index (κ1) is 20.6. The van der Waals surface area contributed by atoms with E-state index in [1.807, 2.05) is 54.0 Å². The number of aryl methyl sites for hydroxylation is 1. The Hall–Kier alpha value is -2.64. The lowest BCUT2D eigenvalue weighted by Crippen LogP contribution is -2.61. The molecule has 3 amide bonds. The van der Waals surface area contributed by atoms with Crippen LogP contribution in [0.4, 0.5) is 4.79 Å². The summed E-state index contributed by atoms with van der Waals surface area (Å²) in [5.41, 5.74) is 3.35. The van der Waals surface area contributed by atoms with Gasteiger partial charge in [0.05, 0.1) is 0 Å². The van der Waals surface area contributed by atoms with Crippen molar-refractivity contribution in [3.8, 4) is 0 Å². The Bertz CT molecular complexity index is 1080. The number of amides is 3.